The van der Waals surface area contributed by atoms with Crippen LogP contribution in [-0.2, 0) is 19.8 Å². The van der Waals surface area contributed by atoms with Crippen LogP contribution in [0.3, 0.4) is 0 Å². The fourth-order valence-electron chi connectivity index (χ4n) is 2.69. The van der Waals surface area contributed by atoms with E-state index in [1.807, 2.05) is 0 Å². The third kappa shape index (κ3) is 4.15. The van der Waals surface area contributed by atoms with Gasteiger partial charge in [-0.25, -0.2) is 9.86 Å². The molecule has 0 saturated carbocycles. The second kappa shape index (κ2) is 6.06. The maximum atomic E-state index is 12.2. The van der Waals surface area contributed by atoms with Crippen LogP contribution >= 0.6 is 0 Å². The van der Waals surface area contributed by atoms with E-state index in [-0.39, 0.29) is 24.3 Å². The standard InChI is InChI=1S/C11H20N4O4S/c12-20(18,19)13-6-8-2-1-5-15(7-8)11(17)9-3-4-10(16)14-9/h8-9,13H,1-7H2,(H,14,16)(H2,12,18,19)/t8?,9-/m0/s1. The highest BCUT2D eigenvalue weighted by Crippen LogP contribution is 2.19. The zero-order chi connectivity index (χ0) is 14.8. The van der Waals surface area contributed by atoms with Crippen LogP contribution in [0.15, 0.2) is 0 Å². The van der Waals surface area contributed by atoms with Crippen molar-refractivity contribution < 1.29 is 18.0 Å². The van der Waals surface area contributed by atoms with Crippen molar-refractivity contribution in [1.82, 2.24) is 14.9 Å². The van der Waals surface area contributed by atoms with Gasteiger partial charge in [-0.3, -0.25) is 9.59 Å². The van der Waals surface area contributed by atoms with Gasteiger partial charge in [-0.05, 0) is 25.2 Å². The average Bonchev–Trinajstić information content (AvgIpc) is 2.82. The molecular weight excluding hydrogens is 284 g/mol. The van der Waals surface area contributed by atoms with Gasteiger partial charge in [0.15, 0.2) is 0 Å². The van der Waals surface area contributed by atoms with Gasteiger partial charge in [-0.1, -0.05) is 0 Å². The van der Waals surface area contributed by atoms with Crippen LogP contribution < -0.4 is 15.2 Å². The summed E-state index contributed by atoms with van der Waals surface area (Å²) in [4.78, 5) is 25.1. The number of amides is 2. The summed E-state index contributed by atoms with van der Waals surface area (Å²) in [7, 11) is -3.69. The molecule has 0 bridgehead atoms. The lowest BCUT2D eigenvalue weighted by molar-refractivity contribution is -0.136. The normalized spacial score (nSPS) is 27.4. The molecule has 8 nitrogen and oxygen atoms in total. The average molecular weight is 304 g/mol. The Morgan fingerprint density at radius 2 is 2.20 bits per heavy atom. The Labute approximate surface area is 118 Å². The highest BCUT2D eigenvalue weighted by atomic mass is 32.2. The van der Waals surface area contributed by atoms with E-state index in [1.54, 1.807) is 4.90 Å². The van der Waals surface area contributed by atoms with Crippen molar-refractivity contribution in [2.45, 2.75) is 31.7 Å². The third-order valence-electron chi connectivity index (χ3n) is 3.70. The summed E-state index contributed by atoms with van der Waals surface area (Å²) >= 11 is 0. The first-order chi connectivity index (χ1) is 9.35. The highest BCUT2D eigenvalue weighted by molar-refractivity contribution is 7.87. The number of carbonyl (C=O) groups excluding carboxylic acids is 2. The van der Waals surface area contributed by atoms with Crippen molar-refractivity contribution in [3.8, 4) is 0 Å². The summed E-state index contributed by atoms with van der Waals surface area (Å²) < 4.78 is 24.0. The summed E-state index contributed by atoms with van der Waals surface area (Å²) in [5.41, 5.74) is 0. The molecule has 1 unspecified atom stereocenters. The Hall–Kier alpha value is -1.19. The van der Waals surface area contributed by atoms with Crippen molar-refractivity contribution in [3.05, 3.63) is 0 Å². The molecule has 2 saturated heterocycles. The maximum Gasteiger partial charge on any atom is 0.274 e. The Kier molecular flexibility index (Phi) is 4.61. The van der Waals surface area contributed by atoms with Crippen LogP contribution in [0.2, 0.25) is 0 Å². The molecule has 9 heteroatoms. The molecular formula is C11H20N4O4S. The molecule has 2 amide bonds. The number of piperidine rings is 1. The molecule has 114 valence electrons. The van der Waals surface area contributed by atoms with E-state index >= 15 is 0 Å². The number of likely N-dealkylation sites (tertiary alicyclic amines) is 1. The minimum absolute atomic E-state index is 0.0585. The lowest BCUT2D eigenvalue weighted by atomic mass is 9.97. The van der Waals surface area contributed by atoms with Gasteiger partial charge in [0.1, 0.15) is 6.04 Å². The summed E-state index contributed by atoms with van der Waals surface area (Å²) in [5, 5.41) is 7.56. The molecule has 4 N–H and O–H groups in total. The quantitative estimate of drug-likeness (QED) is 0.573. The van der Waals surface area contributed by atoms with Crippen molar-refractivity contribution in [1.29, 1.82) is 0 Å². The van der Waals surface area contributed by atoms with Gasteiger partial charge in [0.2, 0.25) is 11.8 Å². The summed E-state index contributed by atoms with van der Waals surface area (Å²) in [5.74, 6) is -0.105. The zero-order valence-electron chi connectivity index (χ0n) is 11.2. The van der Waals surface area contributed by atoms with E-state index in [0.29, 0.717) is 25.9 Å². The number of hydrogen-bond acceptors (Lipinski definition) is 4. The van der Waals surface area contributed by atoms with Gasteiger partial charge < -0.3 is 10.2 Å². The van der Waals surface area contributed by atoms with Crippen molar-refractivity contribution in [2.24, 2.45) is 11.1 Å². The molecule has 2 aliphatic heterocycles. The van der Waals surface area contributed by atoms with Crippen LogP contribution in [0.5, 0.6) is 0 Å². The number of carbonyl (C=O) groups is 2. The number of hydrogen-bond donors (Lipinski definition) is 3. The first-order valence-corrected chi connectivity index (χ1v) is 8.25. The summed E-state index contributed by atoms with van der Waals surface area (Å²) in [6, 6.07) is -0.424. The summed E-state index contributed by atoms with van der Waals surface area (Å²) in [6.07, 6.45) is 2.60. The number of rotatable bonds is 4. The smallest absolute Gasteiger partial charge is 0.274 e. The van der Waals surface area contributed by atoms with E-state index in [4.69, 9.17) is 5.14 Å². The van der Waals surface area contributed by atoms with E-state index in [1.165, 1.54) is 0 Å². The first-order valence-electron chi connectivity index (χ1n) is 6.70. The number of nitrogens with one attached hydrogen (secondary N) is 2. The van der Waals surface area contributed by atoms with Gasteiger partial charge in [0, 0.05) is 26.1 Å². The van der Waals surface area contributed by atoms with Crippen molar-refractivity contribution in [2.75, 3.05) is 19.6 Å². The molecule has 20 heavy (non-hydrogen) atoms. The third-order valence-corrected chi connectivity index (χ3v) is 4.27. The SMILES string of the molecule is NS(=O)(=O)NCC1CCCN(C(=O)[C@@H]2CCC(=O)N2)C1. The number of nitrogens with two attached hydrogens (primary N) is 1. The van der Waals surface area contributed by atoms with Crippen LogP contribution in [0.25, 0.3) is 0 Å². The molecule has 2 rings (SSSR count). The largest absolute Gasteiger partial charge is 0.344 e. The van der Waals surface area contributed by atoms with E-state index in [2.05, 4.69) is 10.0 Å². The lowest BCUT2D eigenvalue weighted by Crippen LogP contribution is -2.50. The molecule has 2 fully saturated rings. The van der Waals surface area contributed by atoms with Crippen LogP contribution in [0.1, 0.15) is 25.7 Å². The zero-order valence-corrected chi connectivity index (χ0v) is 12.0. The minimum atomic E-state index is -3.69. The Morgan fingerprint density at radius 1 is 1.45 bits per heavy atom. The molecule has 2 heterocycles. The lowest BCUT2D eigenvalue weighted by Gasteiger charge is -2.34. The van der Waals surface area contributed by atoms with Crippen LogP contribution in [0.4, 0.5) is 0 Å². The topological polar surface area (TPSA) is 122 Å². The van der Waals surface area contributed by atoms with Crippen molar-refractivity contribution >= 4 is 22.0 Å². The van der Waals surface area contributed by atoms with E-state index < -0.39 is 16.3 Å². The van der Waals surface area contributed by atoms with Gasteiger partial charge in [-0.15, -0.1) is 0 Å². The predicted octanol–water partition coefficient (Wildman–Crippen LogP) is -1.70. The van der Waals surface area contributed by atoms with E-state index in [0.717, 1.165) is 12.8 Å². The highest BCUT2D eigenvalue weighted by Gasteiger charge is 2.33. The number of nitrogens with zero attached hydrogens (tertiary/aromatic N) is 1. The van der Waals surface area contributed by atoms with Crippen LogP contribution in [-0.4, -0.2) is 50.8 Å². The first kappa shape index (κ1) is 15.2. The van der Waals surface area contributed by atoms with Gasteiger partial charge in [0.05, 0.1) is 0 Å². The van der Waals surface area contributed by atoms with Crippen molar-refractivity contribution in [3.63, 3.8) is 0 Å². The van der Waals surface area contributed by atoms with Gasteiger partial charge in [0.25, 0.3) is 10.2 Å². The molecule has 0 radical (unpaired) electrons. The predicted molar refractivity (Wildman–Crippen MR) is 71.6 cm³/mol. The Bertz CT molecular complexity index is 493. The molecule has 2 aliphatic rings. The monoisotopic (exact) mass is 304 g/mol. The molecule has 0 aromatic carbocycles. The second-order valence-corrected chi connectivity index (χ2v) is 6.72. The Morgan fingerprint density at radius 3 is 2.80 bits per heavy atom. The minimum Gasteiger partial charge on any atom is -0.344 e. The molecule has 0 spiro atoms. The second-order valence-electron chi connectivity index (χ2n) is 5.34. The van der Waals surface area contributed by atoms with Gasteiger partial charge >= 0.3 is 0 Å². The fraction of sp³-hybridized carbons (Fsp3) is 0.818. The Balaban J connectivity index is 1.86. The molecule has 0 aromatic heterocycles. The molecule has 0 aromatic rings. The van der Waals surface area contributed by atoms with Gasteiger partial charge in [-0.2, -0.15) is 8.42 Å². The maximum absolute atomic E-state index is 12.2. The molecule has 0 aliphatic carbocycles. The summed E-state index contributed by atoms with van der Waals surface area (Å²) in [6.45, 7) is 1.38. The van der Waals surface area contributed by atoms with E-state index in [9.17, 15) is 18.0 Å². The molecule has 2 atom stereocenters. The van der Waals surface area contributed by atoms with Crippen LogP contribution in [0, 0.1) is 5.92 Å². The fourth-order valence-corrected chi connectivity index (χ4v) is 3.15.